The average molecular weight is 401 g/mol. The first-order chi connectivity index (χ1) is 14.0. The van der Waals surface area contributed by atoms with Crippen molar-refractivity contribution in [2.45, 2.75) is 89.6 Å². The van der Waals surface area contributed by atoms with E-state index in [9.17, 15) is 14.7 Å². The molecule has 3 rings (SSSR count). The summed E-state index contributed by atoms with van der Waals surface area (Å²) in [6.45, 7) is 1.93. The summed E-state index contributed by atoms with van der Waals surface area (Å²) in [5.41, 5.74) is 2.31. The number of allylic oxidation sites excluding steroid dienone is 2. The first-order valence-electron chi connectivity index (χ1n) is 11.1. The molecule has 0 aromatic heterocycles. The summed E-state index contributed by atoms with van der Waals surface area (Å²) in [5.74, 6) is 0.520. The van der Waals surface area contributed by atoms with E-state index in [-0.39, 0.29) is 12.5 Å². The summed E-state index contributed by atoms with van der Waals surface area (Å²) in [5, 5.41) is 18.7. The van der Waals surface area contributed by atoms with Gasteiger partial charge in [0.25, 0.3) is 0 Å². The minimum absolute atomic E-state index is 0.282. The van der Waals surface area contributed by atoms with Crippen molar-refractivity contribution in [2.75, 3.05) is 0 Å². The molecule has 2 aliphatic rings. The maximum Gasteiger partial charge on any atom is 0.303 e. The lowest BCUT2D eigenvalue weighted by Gasteiger charge is -2.27. The minimum Gasteiger partial charge on any atom is -0.481 e. The lowest BCUT2D eigenvalue weighted by Crippen LogP contribution is -2.15. The first kappa shape index (κ1) is 23.3. The van der Waals surface area contributed by atoms with Crippen LogP contribution in [0.4, 0.5) is 0 Å². The van der Waals surface area contributed by atoms with Gasteiger partial charge in [-0.05, 0) is 62.0 Å². The normalized spacial score (nSPS) is 21.0. The molecule has 0 bridgehead atoms. The number of carboxylic acid groups (broad SMARTS) is 1. The summed E-state index contributed by atoms with van der Waals surface area (Å²) in [7, 11) is 0. The second kappa shape index (κ2) is 12.6. The smallest absolute Gasteiger partial charge is 0.303 e. The number of aliphatic hydroxyl groups is 1. The highest BCUT2D eigenvalue weighted by Crippen LogP contribution is 2.36. The maximum atomic E-state index is 11.4. The van der Waals surface area contributed by atoms with Crippen molar-refractivity contribution in [3.63, 3.8) is 0 Å². The number of hydrogen-bond donors (Lipinski definition) is 2. The van der Waals surface area contributed by atoms with Gasteiger partial charge in [0, 0.05) is 19.3 Å². The number of carboxylic acids is 1. The SMILES string of the molecule is C/C=C\CCCC(=O)O.O=C1CCC(c2ccc(C(O)C3CCCCC3)cc2)C1. The first-order valence-corrected chi connectivity index (χ1v) is 11.1. The molecule has 2 fully saturated rings. The van der Waals surface area contributed by atoms with Crippen LogP contribution in [0, 0.1) is 5.92 Å². The largest absolute Gasteiger partial charge is 0.481 e. The summed E-state index contributed by atoms with van der Waals surface area (Å²) in [6, 6.07) is 8.37. The number of hydrogen-bond acceptors (Lipinski definition) is 3. The number of aliphatic hydroxyl groups excluding tert-OH is 1. The summed E-state index contributed by atoms with van der Waals surface area (Å²) < 4.78 is 0. The van der Waals surface area contributed by atoms with E-state index in [4.69, 9.17) is 5.11 Å². The van der Waals surface area contributed by atoms with Gasteiger partial charge in [0.05, 0.1) is 6.10 Å². The van der Waals surface area contributed by atoms with Gasteiger partial charge in [0.1, 0.15) is 5.78 Å². The fourth-order valence-corrected chi connectivity index (χ4v) is 4.32. The summed E-state index contributed by atoms with van der Waals surface area (Å²) in [4.78, 5) is 21.3. The lowest BCUT2D eigenvalue weighted by molar-refractivity contribution is -0.137. The average Bonchev–Trinajstić information content (AvgIpc) is 3.18. The zero-order valence-electron chi connectivity index (χ0n) is 17.7. The van der Waals surface area contributed by atoms with E-state index in [1.165, 1.54) is 24.8 Å². The van der Waals surface area contributed by atoms with E-state index in [1.807, 2.05) is 19.1 Å². The molecule has 29 heavy (non-hydrogen) atoms. The van der Waals surface area contributed by atoms with Crippen molar-refractivity contribution < 1.29 is 19.8 Å². The molecule has 1 aromatic carbocycles. The number of unbranched alkanes of at least 4 members (excludes halogenated alkanes) is 1. The fourth-order valence-electron chi connectivity index (χ4n) is 4.32. The van der Waals surface area contributed by atoms with Crippen molar-refractivity contribution >= 4 is 11.8 Å². The monoisotopic (exact) mass is 400 g/mol. The molecule has 2 saturated carbocycles. The Labute approximate surface area is 175 Å². The Balaban J connectivity index is 0.000000284. The predicted molar refractivity (Wildman–Crippen MR) is 116 cm³/mol. The van der Waals surface area contributed by atoms with Crippen LogP contribution in [0.3, 0.4) is 0 Å². The van der Waals surface area contributed by atoms with E-state index >= 15 is 0 Å². The van der Waals surface area contributed by atoms with Crippen molar-refractivity contribution in [1.29, 1.82) is 0 Å². The Bertz CT molecular complexity index is 656. The Morgan fingerprint density at radius 1 is 1.14 bits per heavy atom. The molecular formula is C25H36O4. The van der Waals surface area contributed by atoms with Crippen LogP contribution in [-0.4, -0.2) is 22.0 Å². The molecule has 0 aliphatic heterocycles. The third-order valence-corrected chi connectivity index (χ3v) is 6.09. The Hall–Kier alpha value is -1.94. The molecule has 0 amide bonds. The van der Waals surface area contributed by atoms with Gasteiger partial charge in [0.2, 0.25) is 0 Å². The molecule has 4 nitrogen and oxygen atoms in total. The van der Waals surface area contributed by atoms with Crippen LogP contribution in [-0.2, 0) is 9.59 Å². The van der Waals surface area contributed by atoms with Crippen LogP contribution >= 0.6 is 0 Å². The van der Waals surface area contributed by atoms with E-state index in [2.05, 4.69) is 24.3 Å². The number of rotatable bonds is 7. The number of benzene rings is 1. The Kier molecular flexibility index (Phi) is 10.1. The molecule has 160 valence electrons. The molecule has 1 aromatic rings. The molecule has 0 spiro atoms. The molecule has 0 radical (unpaired) electrons. The van der Waals surface area contributed by atoms with Crippen molar-refractivity contribution in [2.24, 2.45) is 5.92 Å². The van der Waals surface area contributed by atoms with Gasteiger partial charge in [-0.15, -0.1) is 0 Å². The minimum atomic E-state index is -0.709. The van der Waals surface area contributed by atoms with E-state index < -0.39 is 5.97 Å². The van der Waals surface area contributed by atoms with Crippen molar-refractivity contribution in [3.8, 4) is 0 Å². The highest BCUT2D eigenvalue weighted by Gasteiger charge is 2.25. The molecule has 2 atom stereocenters. The van der Waals surface area contributed by atoms with Gasteiger partial charge in [-0.1, -0.05) is 55.7 Å². The highest BCUT2D eigenvalue weighted by atomic mass is 16.4. The number of carbonyl (C=O) groups is 2. The van der Waals surface area contributed by atoms with E-state index in [0.717, 1.165) is 44.1 Å². The predicted octanol–water partition coefficient (Wildman–Crippen LogP) is 5.95. The van der Waals surface area contributed by atoms with Gasteiger partial charge in [0.15, 0.2) is 0 Å². The highest BCUT2D eigenvalue weighted by molar-refractivity contribution is 5.81. The number of ketones is 1. The number of carbonyl (C=O) groups excluding carboxylic acids is 1. The second-order valence-electron chi connectivity index (χ2n) is 8.34. The Morgan fingerprint density at radius 2 is 1.83 bits per heavy atom. The quantitative estimate of drug-likeness (QED) is 0.438. The van der Waals surface area contributed by atoms with Crippen molar-refractivity contribution in [1.82, 2.24) is 0 Å². The maximum absolute atomic E-state index is 11.4. The van der Waals surface area contributed by atoms with Gasteiger partial charge in [-0.2, -0.15) is 0 Å². The van der Waals surface area contributed by atoms with Crippen LogP contribution in [0.5, 0.6) is 0 Å². The zero-order chi connectivity index (χ0) is 21.1. The topological polar surface area (TPSA) is 74.6 Å². The van der Waals surface area contributed by atoms with E-state index in [1.54, 1.807) is 0 Å². The van der Waals surface area contributed by atoms with Gasteiger partial charge in [-0.25, -0.2) is 0 Å². The van der Waals surface area contributed by atoms with Crippen LogP contribution < -0.4 is 0 Å². The number of Topliss-reactive ketones (excluding diaryl/α,β-unsaturated/α-hetero) is 1. The van der Waals surface area contributed by atoms with Gasteiger partial charge >= 0.3 is 5.97 Å². The summed E-state index contributed by atoms with van der Waals surface area (Å²) >= 11 is 0. The summed E-state index contributed by atoms with van der Waals surface area (Å²) in [6.07, 6.45) is 14.1. The van der Waals surface area contributed by atoms with E-state index in [0.29, 0.717) is 24.0 Å². The standard InChI is InChI=1S/C18H24O2.C7H12O2/c19-17-11-10-16(12-17)13-6-8-15(9-7-13)18(20)14-4-2-1-3-5-14;1-2-3-4-5-6-7(8)9/h6-9,14,16,18,20H,1-5,10-12H2;2-3H,4-6H2,1H3,(H,8,9)/b;3-2-. The van der Waals surface area contributed by atoms with Gasteiger partial charge in [-0.3, -0.25) is 9.59 Å². The van der Waals surface area contributed by atoms with Crippen LogP contribution in [0.2, 0.25) is 0 Å². The molecule has 2 aliphatic carbocycles. The second-order valence-corrected chi connectivity index (χ2v) is 8.34. The molecular weight excluding hydrogens is 364 g/mol. The third-order valence-electron chi connectivity index (χ3n) is 6.09. The third kappa shape index (κ3) is 8.14. The molecule has 0 heterocycles. The van der Waals surface area contributed by atoms with Gasteiger partial charge < -0.3 is 10.2 Å². The molecule has 2 N–H and O–H groups in total. The van der Waals surface area contributed by atoms with Crippen LogP contribution in [0.1, 0.15) is 101 Å². The van der Waals surface area contributed by atoms with Crippen LogP contribution in [0.25, 0.3) is 0 Å². The Morgan fingerprint density at radius 3 is 2.38 bits per heavy atom. The fraction of sp³-hybridized carbons (Fsp3) is 0.600. The lowest BCUT2D eigenvalue weighted by atomic mass is 9.82. The van der Waals surface area contributed by atoms with Crippen molar-refractivity contribution in [3.05, 3.63) is 47.5 Å². The molecule has 2 unspecified atom stereocenters. The van der Waals surface area contributed by atoms with Crippen LogP contribution in [0.15, 0.2) is 36.4 Å². The number of aliphatic carboxylic acids is 1. The zero-order valence-corrected chi connectivity index (χ0v) is 17.7. The molecule has 4 heteroatoms. The molecule has 0 saturated heterocycles.